The number of amides is 2. The zero-order valence-corrected chi connectivity index (χ0v) is 33.2. The molecule has 4 saturated carbocycles. The van der Waals surface area contributed by atoms with Gasteiger partial charge in [-0.15, -0.1) is 0 Å². The van der Waals surface area contributed by atoms with E-state index in [4.69, 9.17) is 9.57 Å². The van der Waals surface area contributed by atoms with Crippen molar-refractivity contribution in [1.82, 2.24) is 20.6 Å². The van der Waals surface area contributed by atoms with Crippen LogP contribution < -0.4 is 15.4 Å². The molecule has 1 aliphatic heterocycles. The number of rotatable bonds is 14. The summed E-state index contributed by atoms with van der Waals surface area (Å²) < 4.78 is 5.97. The summed E-state index contributed by atoms with van der Waals surface area (Å²) in [7, 11) is 5.37. The van der Waals surface area contributed by atoms with Crippen LogP contribution in [0.1, 0.15) is 83.1 Å². The monoisotopic (exact) mass is 749 g/mol. The molecule has 2 aromatic carbocycles. The summed E-state index contributed by atoms with van der Waals surface area (Å²) in [5.74, 6) is 1.42. The fourth-order valence-electron chi connectivity index (χ4n) is 10.2. The lowest BCUT2D eigenvalue weighted by Gasteiger charge is -2.62. The third kappa shape index (κ3) is 7.13. The molecule has 9 atom stereocenters. The van der Waals surface area contributed by atoms with Crippen LogP contribution in [0.15, 0.2) is 36.4 Å². The first-order valence-corrected chi connectivity index (χ1v) is 19.3. The second kappa shape index (κ2) is 14.8. The van der Waals surface area contributed by atoms with Gasteiger partial charge in [0.15, 0.2) is 0 Å². The molecule has 1 heterocycles. The Morgan fingerprint density at radius 3 is 2.43 bits per heavy atom. The average Bonchev–Trinajstić information content (AvgIpc) is 3.52. The smallest absolute Gasteiger partial charge is 0.270 e. The molecule has 0 radical (unpaired) electrons. The Labute approximate surface area is 318 Å². The van der Waals surface area contributed by atoms with E-state index >= 15 is 0 Å². The number of nitro benzene ring substituents is 1. The Morgan fingerprint density at radius 2 is 1.87 bits per heavy atom. The fourth-order valence-corrected chi connectivity index (χ4v) is 10.2. The summed E-state index contributed by atoms with van der Waals surface area (Å²) in [5, 5.41) is 42.0. The SMILES string of the molecule is COc1c(CN2O[C@@H](CO)[C@]3(CC3(C)O)[C@H]2C(=O)N[C@H]2C[C@H]3C[C@@H]([C@@H]2C)C3(C)C)cccc1-c1cc(C(=O)N[C@@H](CC(C)C)CN(C)C)cc([N+](=O)[O-])c1. The van der Waals surface area contributed by atoms with E-state index in [9.17, 15) is 29.9 Å². The Hall–Kier alpha value is -3.62. The zero-order chi connectivity index (χ0) is 39.5. The highest BCUT2D eigenvalue weighted by Crippen LogP contribution is 2.66. The number of para-hydroxylation sites is 1. The predicted octanol–water partition coefficient (Wildman–Crippen LogP) is 4.78. The van der Waals surface area contributed by atoms with Gasteiger partial charge in [-0.3, -0.25) is 24.5 Å². The number of carbonyl (C=O) groups excluding carboxylic acids is 2. The van der Waals surface area contributed by atoms with Crippen molar-refractivity contribution in [3.8, 4) is 16.9 Å². The molecule has 2 amide bonds. The summed E-state index contributed by atoms with van der Waals surface area (Å²) in [6.07, 6.45) is 2.29. The molecule has 296 valence electrons. The van der Waals surface area contributed by atoms with Crippen molar-refractivity contribution < 1.29 is 34.3 Å². The van der Waals surface area contributed by atoms with Gasteiger partial charge in [0.25, 0.3) is 11.6 Å². The summed E-state index contributed by atoms with van der Waals surface area (Å²) in [5.41, 5.74) is -0.521. The first kappa shape index (κ1) is 40.1. The van der Waals surface area contributed by atoms with E-state index in [1.807, 2.05) is 25.1 Å². The van der Waals surface area contributed by atoms with E-state index in [-0.39, 0.29) is 47.8 Å². The molecule has 2 bridgehead atoms. The number of carbonyl (C=O) groups is 2. The fraction of sp³-hybridized carbons (Fsp3) is 0.659. The molecule has 13 nitrogen and oxygen atoms in total. The van der Waals surface area contributed by atoms with Gasteiger partial charge in [-0.1, -0.05) is 52.8 Å². The van der Waals surface area contributed by atoms with Crippen molar-refractivity contribution in [2.24, 2.45) is 34.5 Å². The number of methoxy groups -OCH3 is 1. The molecule has 4 N–H and O–H groups in total. The summed E-state index contributed by atoms with van der Waals surface area (Å²) in [6.45, 7) is 13.0. The van der Waals surface area contributed by atoms with Crippen LogP contribution in [0, 0.1) is 44.6 Å². The molecule has 5 fully saturated rings. The molecular formula is C41H59N5O8. The van der Waals surface area contributed by atoms with Crippen molar-refractivity contribution in [1.29, 1.82) is 0 Å². The lowest BCUT2D eigenvalue weighted by Crippen LogP contribution is -2.62. The number of aliphatic hydroxyl groups is 2. The standard InChI is InChI=1S/C41H59N5O8/c1-23(2)13-29(20-44(7)8)42-37(48)27-14-26(15-30(16-27)46(51)52)31-12-10-11-25(35(31)53-9)19-45-36(41(22-40(41,6)50)34(21-47)54-45)38(49)43-33-18-28-17-32(24(33)3)39(28,4)5/h10-12,14-16,23-24,28-29,32-34,36,47,50H,13,17-22H2,1-9H3,(H,42,48)(H,43,49)/t24-,28+,29-,32-,33-,34-,36+,40?,41+/m0/s1. The van der Waals surface area contributed by atoms with Crippen LogP contribution in [-0.4, -0.2) is 101 Å². The predicted molar refractivity (Wildman–Crippen MR) is 204 cm³/mol. The molecule has 1 spiro atoms. The average molecular weight is 750 g/mol. The summed E-state index contributed by atoms with van der Waals surface area (Å²) in [4.78, 5) is 48.0. The molecule has 13 heteroatoms. The highest BCUT2D eigenvalue weighted by molar-refractivity contribution is 5.97. The van der Waals surface area contributed by atoms with Crippen LogP contribution in [0.5, 0.6) is 5.75 Å². The maximum absolute atomic E-state index is 14.4. The van der Waals surface area contributed by atoms with Crippen LogP contribution in [0.2, 0.25) is 0 Å². The van der Waals surface area contributed by atoms with Crippen molar-refractivity contribution in [3.63, 3.8) is 0 Å². The zero-order valence-electron chi connectivity index (χ0n) is 33.2. The quantitative estimate of drug-likeness (QED) is 0.156. The molecule has 54 heavy (non-hydrogen) atoms. The number of hydrogen-bond donors (Lipinski definition) is 4. The molecule has 1 unspecified atom stereocenters. The molecule has 5 aliphatic rings. The van der Waals surface area contributed by atoms with Crippen LogP contribution in [0.25, 0.3) is 11.1 Å². The topological polar surface area (TPSA) is 167 Å². The summed E-state index contributed by atoms with van der Waals surface area (Å²) in [6, 6.07) is 8.65. The van der Waals surface area contributed by atoms with Crippen molar-refractivity contribution in [3.05, 3.63) is 57.6 Å². The largest absolute Gasteiger partial charge is 0.496 e. The van der Waals surface area contributed by atoms with Gasteiger partial charge in [-0.05, 0) is 87.4 Å². The minimum atomic E-state index is -1.23. The number of nitrogens with zero attached hydrogens (tertiary/aromatic N) is 3. The van der Waals surface area contributed by atoms with E-state index in [1.54, 1.807) is 30.2 Å². The maximum atomic E-state index is 14.4. The Bertz CT molecular complexity index is 1750. The molecule has 4 aliphatic carbocycles. The molecule has 2 aromatic rings. The number of nitro groups is 1. The van der Waals surface area contributed by atoms with Crippen molar-refractivity contribution >= 4 is 17.5 Å². The number of nitrogens with one attached hydrogen (secondary N) is 2. The Morgan fingerprint density at radius 1 is 1.17 bits per heavy atom. The van der Waals surface area contributed by atoms with Gasteiger partial charge in [0, 0.05) is 47.5 Å². The van der Waals surface area contributed by atoms with Crippen molar-refractivity contribution in [2.45, 2.75) is 104 Å². The van der Waals surface area contributed by atoms with Gasteiger partial charge < -0.3 is 30.5 Å². The number of benzene rings is 2. The van der Waals surface area contributed by atoms with Crippen molar-refractivity contribution in [2.75, 3.05) is 34.4 Å². The van der Waals surface area contributed by atoms with E-state index < -0.39 is 34.0 Å². The molecule has 7 rings (SSSR count). The van der Waals surface area contributed by atoms with E-state index in [0.29, 0.717) is 59.1 Å². The minimum Gasteiger partial charge on any atom is -0.496 e. The van der Waals surface area contributed by atoms with Gasteiger partial charge in [-0.25, -0.2) is 0 Å². The Kier molecular flexibility index (Phi) is 11.0. The van der Waals surface area contributed by atoms with E-state index in [0.717, 1.165) is 12.8 Å². The normalized spacial score (nSPS) is 31.6. The summed E-state index contributed by atoms with van der Waals surface area (Å²) >= 11 is 0. The molecule has 1 saturated heterocycles. The third-order valence-corrected chi connectivity index (χ3v) is 13.2. The van der Waals surface area contributed by atoms with Crippen LogP contribution in [-0.2, 0) is 16.2 Å². The van der Waals surface area contributed by atoms with E-state index in [2.05, 4.69) is 45.3 Å². The number of aliphatic hydroxyl groups excluding tert-OH is 1. The first-order chi connectivity index (χ1) is 25.3. The number of ether oxygens (including phenoxy) is 1. The van der Waals surface area contributed by atoms with Gasteiger partial charge in [0.05, 0.1) is 36.2 Å². The van der Waals surface area contributed by atoms with Crippen LogP contribution >= 0.6 is 0 Å². The van der Waals surface area contributed by atoms with Crippen LogP contribution in [0.4, 0.5) is 5.69 Å². The number of hydrogen-bond acceptors (Lipinski definition) is 10. The number of fused-ring (bicyclic) bond motifs is 2. The number of hydroxylamine groups is 2. The highest BCUT2D eigenvalue weighted by atomic mass is 16.7. The van der Waals surface area contributed by atoms with Gasteiger partial charge in [0.1, 0.15) is 17.9 Å². The minimum absolute atomic E-state index is 0.00767. The number of likely N-dealkylation sites (N-methyl/N-ethyl adjacent to an activating group) is 1. The second-order valence-electron chi connectivity index (χ2n) is 17.9. The lowest BCUT2D eigenvalue weighted by molar-refractivity contribution is -0.384. The first-order valence-electron chi connectivity index (χ1n) is 19.3. The van der Waals surface area contributed by atoms with Gasteiger partial charge in [-0.2, -0.15) is 5.06 Å². The highest BCUT2D eigenvalue weighted by Gasteiger charge is 2.78. The van der Waals surface area contributed by atoms with Gasteiger partial charge >= 0.3 is 0 Å². The maximum Gasteiger partial charge on any atom is 0.270 e. The third-order valence-electron chi connectivity index (χ3n) is 13.2. The second-order valence-corrected chi connectivity index (χ2v) is 17.9. The van der Waals surface area contributed by atoms with Crippen LogP contribution in [0.3, 0.4) is 0 Å². The molecule has 0 aromatic heterocycles. The molecular weight excluding hydrogens is 690 g/mol. The number of non-ortho nitro benzene ring substituents is 1. The Balaban J connectivity index is 1.31. The van der Waals surface area contributed by atoms with Gasteiger partial charge in [0.2, 0.25) is 5.91 Å². The van der Waals surface area contributed by atoms with E-state index in [1.165, 1.54) is 25.7 Å². The lowest BCUT2D eigenvalue weighted by atomic mass is 9.45.